The molecule has 0 heterocycles. The summed E-state index contributed by atoms with van der Waals surface area (Å²) in [7, 11) is 0. The van der Waals surface area contributed by atoms with Gasteiger partial charge in [0, 0.05) is 5.92 Å². The largest absolute Gasteiger partial charge is 0.393 e. The first-order valence-corrected chi connectivity index (χ1v) is 4.46. The predicted octanol–water partition coefficient (Wildman–Crippen LogP) is 2.62. The van der Waals surface area contributed by atoms with E-state index in [0.717, 1.165) is 11.1 Å². The molecule has 2 unspecified atom stereocenters. The van der Waals surface area contributed by atoms with Crippen LogP contribution in [0, 0.1) is 12.7 Å². The van der Waals surface area contributed by atoms with Crippen LogP contribution in [0.3, 0.4) is 0 Å². The summed E-state index contributed by atoms with van der Waals surface area (Å²) in [5.74, 6) is -0.167. The Morgan fingerprint density at radius 1 is 1.31 bits per heavy atom. The molecule has 72 valence electrons. The van der Waals surface area contributed by atoms with Crippen LogP contribution in [0.4, 0.5) is 4.39 Å². The Balaban J connectivity index is 3.01. The van der Waals surface area contributed by atoms with Crippen LogP contribution >= 0.6 is 0 Å². The third-order valence-corrected chi connectivity index (χ3v) is 2.45. The molecule has 0 aromatic heterocycles. The molecule has 0 spiro atoms. The zero-order valence-corrected chi connectivity index (χ0v) is 8.21. The van der Waals surface area contributed by atoms with Crippen molar-refractivity contribution in [2.24, 2.45) is 0 Å². The molecule has 0 aliphatic carbocycles. The Morgan fingerprint density at radius 2 is 1.92 bits per heavy atom. The third kappa shape index (κ3) is 2.28. The van der Waals surface area contributed by atoms with Gasteiger partial charge in [0.25, 0.3) is 0 Å². The highest BCUT2D eigenvalue weighted by Crippen LogP contribution is 2.22. The van der Waals surface area contributed by atoms with Crippen molar-refractivity contribution in [3.63, 3.8) is 0 Å². The lowest BCUT2D eigenvalue weighted by Gasteiger charge is -2.17. The molecule has 13 heavy (non-hydrogen) atoms. The van der Waals surface area contributed by atoms with Gasteiger partial charge in [-0.2, -0.15) is 0 Å². The lowest BCUT2D eigenvalue weighted by Crippen LogP contribution is -2.12. The molecule has 1 rings (SSSR count). The molecule has 0 radical (unpaired) electrons. The molecule has 1 nitrogen and oxygen atoms in total. The van der Waals surface area contributed by atoms with E-state index >= 15 is 0 Å². The average Bonchev–Trinajstić information content (AvgIpc) is 2.03. The highest BCUT2D eigenvalue weighted by atomic mass is 19.1. The summed E-state index contributed by atoms with van der Waals surface area (Å²) in [6.45, 7) is 5.54. The maximum atomic E-state index is 12.7. The zero-order valence-electron chi connectivity index (χ0n) is 8.21. The second kappa shape index (κ2) is 3.88. The standard InChI is InChI=1S/C11H15FO/c1-7-6-10(12)4-5-11(7)8(2)9(3)13/h4-6,8-9,13H,1-3H3. The van der Waals surface area contributed by atoms with Crippen LogP contribution in [-0.4, -0.2) is 11.2 Å². The van der Waals surface area contributed by atoms with Gasteiger partial charge >= 0.3 is 0 Å². The minimum Gasteiger partial charge on any atom is -0.393 e. The van der Waals surface area contributed by atoms with Gasteiger partial charge < -0.3 is 5.11 Å². The molecule has 1 aromatic carbocycles. The quantitative estimate of drug-likeness (QED) is 0.745. The Morgan fingerprint density at radius 3 is 2.38 bits per heavy atom. The van der Waals surface area contributed by atoms with E-state index in [2.05, 4.69) is 0 Å². The van der Waals surface area contributed by atoms with E-state index < -0.39 is 6.10 Å². The molecule has 1 aromatic rings. The van der Waals surface area contributed by atoms with Crippen LogP contribution in [0.15, 0.2) is 18.2 Å². The summed E-state index contributed by atoms with van der Waals surface area (Å²) >= 11 is 0. The molecule has 0 aliphatic rings. The highest BCUT2D eigenvalue weighted by molar-refractivity contribution is 5.30. The number of rotatable bonds is 2. The van der Waals surface area contributed by atoms with Gasteiger partial charge in [0.15, 0.2) is 0 Å². The second-order valence-electron chi connectivity index (χ2n) is 3.53. The van der Waals surface area contributed by atoms with Gasteiger partial charge in [-0.15, -0.1) is 0 Å². The first-order chi connectivity index (χ1) is 6.02. The minimum absolute atomic E-state index is 0.0561. The number of hydrogen-bond acceptors (Lipinski definition) is 1. The molecule has 0 amide bonds. The van der Waals surface area contributed by atoms with E-state index in [4.69, 9.17) is 0 Å². The molecule has 0 saturated heterocycles. The van der Waals surface area contributed by atoms with Gasteiger partial charge in [0.2, 0.25) is 0 Å². The zero-order chi connectivity index (χ0) is 10.0. The van der Waals surface area contributed by atoms with Gasteiger partial charge in [-0.3, -0.25) is 0 Å². The number of halogens is 1. The molecule has 2 atom stereocenters. The normalized spacial score (nSPS) is 15.5. The highest BCUT2D eigenvalue weighted by Gasteiger charge is 2.13. The molecule has 0 bridgehead atoms. The van der Waals surface area contributed by atoms with Gasteiger partial charge in [0.05, 0.1) is 6.10 Å². The third-order valence-electron chi connectivity index (χ3n) is 2.45. The summed E-state index contributed by atoms with van der Waals surface area (Å²) in [5.41, 5.74) is 1.91. The average molecular weight is 182 g/mol. The van der Waals surface area contributed by atoms with Crippen LogP contribution < -0.4 is 0 Å². The SMILES string of the molecule is Cc1cc(F)ccc1C(C)C(C)O. The van der Waals surface area contributed by atoms with Crippen molar-refractivity contribution in [2.75, 3.05) is 0 Å². The van der Waals surface area contributed by atoms with Crippen molar-refractivity contribution in [1.82, 2.24) is 0 Å². The number of aliphatic hydroxyl groups excluding tert-OH is 1. The first kappa shape index (κ1) is 10.2. The number of aliphatic hydroxyl groups is 1. The smallest absolute Gasteiger partial charge is 0.123 e. The number of aryl methyl sites for hydroxylation is 1. The van der Waals surface area contributed by atoms with E-state index in [-0.39, 0.29) is 11.7 Å². The van der Waals surface area contributed by atoms with E-state index in [9.17, 15) is 9.50 Å². The van der Waals surface area contributed by atoms with Gasteiger partial charge in [-0.1, -0.05) is 13.0 Å². The monoisotopic (exact) mass is 182 g/mol. The fourth-order valence-corrected chi connectivity index (χ4v) is 1.41. The van der Waals surface area contributed by atoms with Crippen molar-refractivity contribution in [1.29, 1.82) is 0 Å². The van der Waals surface area contributed by atoms with Gasteiger partial charge in [-0.25, -0.2) is 4.39 Å². The Bertz CT molecular complexity index is 294. The topological polar surface area (TPSA) is 20.2 Å². The van der Waals surface area contributed by atoms with Crippen molar-refractivity contribution < 1.29 is 9.50 Å². The van der Waals surface area contributed by atoms with E-state index in [1.807, 2.05) is 13.8 Å². The van der Waals surface area contributed by atoms with E-state index in [1.54, 1.807) is 13.0 Å². The van der Waals surface area contributed by atoms with Crippen LogP contribution in [0.25, 0.3) is 0 Å². The van der Waals surface area contributed by atoms with E-state index in [0.29, 0.717) is 0 Å². The Kier molecular flexibility index (Phi) is 3.04. The maximum absolute atomic E-state index is 12.7. The maximum Gasteiger partial charge on any atom is 0.123 e. The van der Waals surface area contributed by atoms with E-state index in [1.165, 1.54) is 12.1 Å². The van der Waals surface area contributed by atoms with Crippen molar-refractivity contribution in [3.05, 3.63) is 35.1 Å². The van der Waals surface area contributed by atoms with Crippen molar-refractivity contribution in [2.45, 2.75) is 32.8 Å². The van der Waals surface area contributed by atoms with Gasteiger partial charge in [0.1, 0.15) is 5.82 Å². The molecule has 0 aliphatic heterocycles. The van der Waals surface area contributed by atoms with Crippen LogP contribution in [0.1, 0.15) is 30.9 Å². The molecular weight excluding hydrogens is 167 g/mol. The Hall–Kier alpha value is -0.890. The molecule has 1 N–H and O–H groups in total. The first-order valence-electron chi connectivity index (χ1n) is 4.46. The van der Waals surface area contributed by atoms with Crippen LogP contribution in [0.2, 0.25) is 0 Å². The summed E-state index contributed by atoms with van der Waals surface area (Å²) in [6, 6.07) is 4.66. The Labute approximate surface area is 78.2 Å². The lowest BCUT2D eigenvalue weighted by molar-refractivity contribution is 0.168. The number of benzene rings is 1. The molecule has 2 heteroatoms. The van der Waals surface area contributed by atoms with Crippen LogP contribution in [-0.2, 0) is 0 Å². The fourth-order valence-electron chi connectivity index (χ4n) is 1.41. The predicted molar refractivity (Wildman–Crippen MR) is 51.2 cm³/mol. The summed E-state index contributed by atoms with van der Waals surface area (Å²) in [4.78, 5) is 0. The van der Waals surface area contributed by atoms with Crippen LogP contribution in [0.5, 0.6) is 0 Å². The minimum atomic E-state index is -0.399. The van der Waals surface area contributed by atoms with Crippen molar-refractivity contribution in [3.8, 4) is 0 Å². The molecule has 0 saturated carbocycles. The summed E-state index contributed by atoms with van der Waals surface area (Å²) in [5, 5.41) is 9.37. The summed E-state index contributed by atoms with van der Waals surface area (Å²) < 4.78 is 12.7. The van der Waals surface area contributed by atoms with Crippen molar-refractivity contribution >= 4 is 0 Å². The lowest BCUT2D eigenvalue weighted by atomic mass is 9.92. The second-order valence-corrected chi connectivity index (χ2v) is 3.53. The van der Waals surface area contributed by atoms with Gasteiger partial charge in [-0.05, 0) is 37.1 Å². The summed E-state index contributed by atoms with van der Waals surface area (Å²) in [6.07, 6.45) is -0.399. The fraction of sp³-hybridized carbons (Fsp3) is 0.455. The molecular formula is C11H15FO. The molecule has 0 fully saturated rings. The number of hydrogen-bond donors (Lipinski definition) is 1.